The molecule has 11 nitrogen and oxygen atoms in total. The molecule has 4 rings (SSSR count). The maximum Gasteiger partial charge on any atom is 0.323 e. The molecule has 0 bridgehead atoms. The first-order valence-electron chi connectivity index (χ1n) is 10.4. The molecule has 2 aromatic carbocycles. The second kappa shape index (κ2) is 9.74. The van der Waals surface area contributed by atoms with E-state index in [1.165, 1.54) is 0 Å². The SMILES string of the molecule is C=CCN(Cc1cccc(OC)c1OC)c1cc(N2CCOCC2)c([N+](=O)[O-])c2nonc12. The van der Waals surface area contributed by atoms with Crippen LogP contribution in [0.5, 0.6) is 11.5 Å². The molecule has 1 saturated heterocycles. The Morgan fingerprint density at radius 2 is 2.00 bits per heavy atom. The van der Waals surface area contributed by atoms with E-state index >= 15 is 0 Å². The van der Waals surface area contributed by atoms with Crippen LogP contribution < -0.4 is 19.3 Å². The Hall–Kier alpha value is -3.86. The highest BCUT2D eigenvalue weighted by Crippen LogP contribution is 2.41. The van der Waals surface area contributed by atoms with Gasteiger partial charge in [0.15, 0.2) is 17.0 Å². The van der Waals surface area contributed by atoms with Crippen LogP contribution in [0, 0.1) is 10.1 Å². The van der Waals surface area contributed by atoms with Crippen LogP contribution in [0.25, 0.3) is 11.0 Å². The van der Waals surface area contributed by atoms with Crippen LogP contribution in [0.3, 0.4) is 0 Å². The van der Waals surface area contributed by atoms with E-state index in [0.717, 1.165) is 5.56 Å². The minimum absolute atomic E-state index is 0.102. The molecule has 0 radical (unpaired) electrons. The van der Waals surface area contributed by atoms with E-state index in [1.807, 2.05) is 28.0 Å². The summed E-state index contributed by atoms with van der Waals surface area (Å²) in [5.41, 5.74) is 2.24. The highest BCUT2D eigenvalue weighted by Gasteiger charge is 2.31. The van der Waals surface area contributed by atoms with Gasteiger partial charge in [0.05, 0.1) is 38.0 Å². The number of anilines is 2. The molecule has 1 fully saturated rings. The van der Waals surface area contributed by atoms with Crippen molar-refractivity contribution in [2.45, 2.75) is 6.54 Å². The Morgan fingerprint density at radius 1 is 1.24 bits per heavy atom. The van der Waals surface area contributed by atoms with Gasteiger partial charge in [-0.05, 0) is 22.4 Å². The largest absolute Gasteiger partial charge is 0.493 e. The Labute approximate surface area is 190 Å². The standard InChI is InChI=1S/C22H25N5O6/c1-4-8-26(14-15-6-5-7-18(30-2)22(15)31-3)16-13-17(25-9-11-32-12-10-25)21(27(28)29)20-19(16)23-33-24-20/h4-7,13H,1,8-12,14H2,2-3H3. The van der Waals surface area contributed by atoms with Crippen LogP contribution in [0.15, 0.2) is 41.5 Å². The Bertz CT molecular complexity index is 1160. The molecule has 0 saturated carbocycles. The third-order valence-corrected chi connectivity index (χ3v) is 5.54. The normalized spacial score (nSPS) is 13.7. The molecule has 11 heteroatoms. The van der Waals surface area contributed by atoms with Crippen molar-refractivity contribution in [3.8, 4) is 11.5 Å². The highest BCUT2D eigenvalue weighted by molar-refractivity contribution is 6.00. The first kappa shape index (κ1) is 22.3. The van der Waals surface area contributed by atoms with Gasteiger partial charge in [0.25, 0.3) is 0 Å². The van der Waals surface area contributed by atoms with Gasteiger partial charge in [0, 0.05) is 31.7 Å². The van der Waals surface area contributed by atoms with Crippen molar-refractivity contribution in [1.29, 1.82) is 0 Å². The number of methoxy groups -OCH3 is 2. The molecule has 0 aliphatic carbocycles. The Morgan fingerprint density at radius 3 is 2.67 bits per heavy atom. The summed E-state index contributed by atoms with van der Waals surface area (Å²) in [5, 5.41) is 19.9. The third-order valence-electron chi connectivity index (χ3n) is 5.54. The molecular weight excluding hydrogens is 430 g/mol. The van der Waals surface area contributed by atoms with Crippen molar-refractivity contribution in [3.63, 3.8) is 0 Å². The summed E-state index contributed by atoms with van der Waals surface area (Å²) in [5.74, 6) is 1.22. The molecule has 0 atom stereocenters. The summed E-state index contributed by atoms with van der Waals surface area (Å²) in [6.45, 7) is 6.77. The molecule has 174 valence electrons. The predicted molar refractivity (Wildman–Crippen MR) is 122 cm³/mol. The van der Waals surface area contributed by atoms with Crippen LogP contribution in [0.2, 0.25) is 0 Å². The van der Waals surface area contributed by atoms with Gasteiger partial charge in [-0.25, -0.2) is 4.63 Å². The van der Waals surface area contributed by atoms with Crippen molar-refractivity contribution in [2.75, 3.05) is 56.9 Å². The summed E-state index contributed by atoms with van der Waals surface area (Å²) in [4.78, 5) is 15.5. The number of nitro groups is 1. The number of benzene rings is 2. The zero-order chi connectivity index (χ0) is 23.4. The number of ether oxygens (including phenoxy) is 3. The fourth-order valence-electron chi connectivity index (χ4n) is 4.05. The van der Waals surface area contributed by atoms with Gasteiger partial charge in [-0.2, -0.15) is 0 Å². The van der Waals surface area contributed by atoms with Crippen molar-refractivity contribution < 1.29 is 23.8 Å². The minimum atomic E-state index is -0.440. The summed E-state index contributed by atoms with van der Waals surface area (Å²) in [7, 11) is 3.17. The quantitative estimate of drug-likeness (QED) is 0.270. The number of nitro benzene ring substituents is 1. The Kier molecular flexibility index (Phi) is 6.59. The van der Waals surface area contributed by atoms with E-state index in [9.17, 15) is 10.1 Å². The first-order valence-corrected chi connectivity index (χ1v) is 10.4. The number of morpholine rings is 1. The Balaban J connectivity index is 1.86. The molecule has 1 aromatic heterocycles. The van der Waals surface area contributed by atoms with E-state index in [0.29, 0.717) is 67.8 Å². The van der Waals surface area contributed by atoms with Crippen molar-refractivity contribution >= 4 is 28.1 Å². The zero-order valence-corrected chi connectivity index (χ0v) is 18.5. The van der Waals surface area contributed by atoms with Gasteiger partial charge >= 0.3 is 5.69 Å². The van der Waals surface area contributed by atoms with E-state index in [1.54, 1.807) is 26.4 Å². The lowest BCUT2D eigenvalue weighted by molar-refractivity contribution is -0.382. The second-order valence-electron chi connectivity index (χ2n) is 7.40. The topological polar surface area (TPSA) is 116 Å². The van der Waals surface area contributed by atoms with Crippen LogP contribution >= 0.6 is 0 Å². The maximum atomic E-state index is 12.0. The smallest absolute Gasteiger partial charge is 0.323 e. The third kappa shape index (κ3) is 4.27. The lowest BCUT2D eigenvalue weighted by atomic mass is 10.1. The number of para-hydroxylation sites is 1. The van der Waals surface area contributed by atoms with E-state index < -0.39 is 4.92 Å². The molecule has 0 amide bonds. The maximum absolute atomic E-state index is 12.0. The van der Waals surface area contributed by atoms with Crippen molar-refractivity contribution in [1.82, 2.24) is 10.3 Å². The van der Waals surface area contributed by atoms with Crippen LogP contribution in [-0.2, 0) is 11.3 Å². The molecule has 33 heavy (non-hydrogen) atoms. The van der Waals surface area contributed by atoms with Gasteiger partial charge in [0.2, 0.25) is 5.52 Å². The van der Waals surface area contributed by atoms with Gasteiger partial charge in [0.1, 0.15) is 5.69 Å². The first-order chi connectivity index (χ1) is 16.1. The molecule has 3 aromatic rings. The number of aromatic nitrogens is 2. The number of hydrogen-bond donors (Lipinski definition) is 0. The van der Waals surface area contributed by atoms with Crippen LogP contribution in [0.4, 0.5) is 17.1 Å². The van der Waals surface area contributed by atoms with Gasteiger partial charge in [-0.1, -0.05) is 18.2 Å². The summed E-state index contributed by atoms with van der Waals surface area (Å²) in [6, 6.07) is 7.41. The van der Waals surface area contributed by atoms with Crippen LogP contribution in [0.1, 0.15) is 5.56 Å². The summed E-state index contributed by atoms with van der Waals surface area (Å²) < 4.78 is 21.4. The lowest BCUT2D eigenvalue weighted by Crippen LogP contribution is -2.36. The number of hydrogen-bond acceptors (Lipinski definition) is 10. The molecule has 1 aliphatic rings. The van der Waals surface area contributed by atoms with Gasteiger partial charge in [-0.15, -0.1) is 6.58 Å². The fourth-order valence-corrected chi connectivity index (χ4v) is 4.05. The molecule has 0 unspecified atom stereocenters. The number of nitrogens with zero attached hydrogens (tertiary/aromatic N) is 5. The predicted octanol–water partition coefficient (Wildman–Crippen LogP) is 3.18. The van der Waals surface area contributed by atoms with E-state index in [-0.39, 0.29) is 11.2 Å². The average molecular weight is 455 g/mol. The summed E-state index contributed by atoms with van der Waals surface area (Å²) >= 11 is 0. The van der Waals surface area contributed by atoms with E-state index in [2.05, 4.69) is 16.9 Å². The lowest BCUT2D eigenvalue weighted by Gasteiger charge is -2.30. The minimum Gasteiger partial charge on any atom is -0.493 e. The number of fused-ring (bicyclic) bond motifs is 1. The van der Waals surface area contributed by atoms with Crippen molar-refractivity contribution in [2.24, 2.45) is 0 Å². The average Bonchev–Trinajstić information content (AvgIpc) is 3.32. The molecule has 2 heterocycles. The van der Waals surface area contributed by atoms with Gasteiger partial charge in [-0.3, -0.25) is 10.1 Å². The highest BCUT2D eigenvalue weighted by atomic mass is 16.6. The van der Waals surface area contributed by atoms with Gasteiger partial charge < -0.3 is 24.0 Å². The zero-order valence-electron chi connectivity index (χ0n) is 18.5. The summed E-state index contributed by atoms with van der Waals surface area (Å²) in [6.07, 6.45) is 1.75. The molecule has 0 spiro atoms. The van der Waals surface area contributed by atoms with E-state index in [4.69, 9.17) is 18.8 Å². The van der Waals surface area contributed by atoms with Crippen molar-refractivity contribution in [3.05, 3.63) is 52.6 Å². The number of rotatable bonds is 9. The molecule has 1 aliphatic heterocycles. The monoisotopic (exact) mass is 455 g/mol. The second-order valence-corrected chi connectivity index (χ2v) is 7.40. The fraction of sp³-hybridized carbons (Fsp3) is 0.364. The molecule has 0 N–H and O–H groups in total. The molecular formula is C22H25N5O6. The van der Waals surface area contributed by atoms with Crippen LogP contribution in [-0.4, -0.2) is 62.3 Å².